The fraction of sp³-hybridized carbons (Fsp3) is 0.0833. The molecular weight excluding hydrogens is 186 g/mol. The third-order valence-corrected chi connectivity index (χ3v) is 2.37. The van der Waals surface area contributed by atoms with Crippen molar-refractivity contribution in [2.75, 3.05) is 5.73 Å². The summed E-state index contributed by atoms with van der Waals surface area (Å²) in [6.45, 7) is 5.75. The second kappa shape index (κ2) is 3.61. The van der Waals surface area contributed by atoms with Gasteiger partial charge in [0.2, 0.25) is 0 Å². The van der Waals surface area contributed by atoms with Gasteiger partial charge >= 0.3 is 0 Å². The third kappa shape index (κ3) is 1.64. The highest BCUT2D eigenvalue weighted by Gasteiger charge is 2.03. The van der Waals surface area contributed by atoms with Crippen LogP contribution in [0.15, 0.2) is 37.1 Å². The summed E-state index contributed by atoms with van der Waals surface area (Å²) in [5.41, 5.74) is 8.71. The number of anilines is 1. The summed E-state index contributed by atoms with van der Waals surface area (Å²) in [5, 5.41) is 1.07. The zero-order valence-electron chi connectivity index (χ0n) is 8.62. The van der Waals surface area contributed by atoms with Crippen LogP contribution in [0.5, 0.6) is 0 Å². The Hall–Kier alpha value is -2.03. The molecule has 3 nitrogen and oxygen atoms in total. The number of nitrogen functional groups attached to an aromatic ring is 1. The van der Waals surface area contributed by atoms with Crippen molar-refractivity contribution >= 4 is 22.3 Å². The van der Waals surface area contributed by atoms with Crippen LogP contribution in [0.25, 0.3) is 16.5 Å². The lowest BCUT2D eigenvalue weighted by Gasteiger charge is -1.94. The molecule has 0 spiro atoms. The standard InChI is InChI=1S/C12H13N3/c1-3-8(4-2)10-5-9-6-12(13)14-7-11(9)15-10/h3-7,15H,1H2,2H3,(H2,13,14). The van der Waals surface area contributed by atoms with Crippen molar-refractivity contribution in [3.63, 3.8) is 0 Å². The third-order valence-electron chi connectivity index (χ3n) is 2.37. The molecule has 0 unspecified atom stereocenters. The highest BCUT2D eigenvalue weighted by Crippen LogP contribution is 2.21. The summed E-state index contributed by atoms with van der Waals surface area (Å²) in [5.74, 6) is 0.536. The minimum absolute atomic E-state index is 0.536. The molecule has 0 aliphatic rings. The van der Waals surface area contributed by atoms with Crippen molar-refractivity contribution in [3.8, 4) is 0 Å². The molecule has 0 atom stereocenters. The first-order valence-corrected chi connectivity index (χ1v) is 4.78. The Morgan fingerprint density at radius 2 is 2.33 bits per heavy atom. The van der Waals surface area contributed by atoms with E-state index in [2.05, 4.69) is 16.5 Å². The fourth-order valence-corrected chi connectivity index (χ4v) is 1.59. The van der Waals surface area contributed by atoms with Gasteiger partial charge in [0.25, 0.3) is 0 Å². The monoisotopic (exact) mass is 199 g/mol. The summed E-state index contributed by atoms with van der Waals surface area (Å²) in [4.78, 5) is 7.30. The molecule has 2 heterocycles. The van der Waals surface area contributed by atoms with Gasteiger partial charge in [0.05, 0.1) is 11.7 Å². The highest BCUT2D eigenvalue weighted by atomic mass is 14.8. The highest BCUT2D eigenvalue weighted by molar-refractivity contribution is 5.87. The van der Waals surface area contributed by atoms with E-state index < -0.39 is 0 Å². The summed E-state index contributed by atoms with van der Waals surface area (Å²) in [6, 6.07) is 3.90. The van der Waals surface area contributed by atoms with Crippen molar-refractivity contribution in [2.45, 2.75) is 6.92 Å². The number of pyridine rings is 1. The van der Waals surface area contributed by atoms with Crippen LogP contribution in [0.2, 0.25) is 0 Å². The van der Waals surface area contributed by atoms with Gasteiger partial charge in [-0.2, -0.15) is 0 Å². The number of nitrogens with two attached hydrogens (primary N) is 1. The summed E-state index contributed by atoms with van der Waals surface area (Å²) in [6.07, 6.45) is 5.57. The van der Waals surface area contributed by atoms with E-state index in [1.165, 1.54) is 0 Å². The second-order valence-corrected chi connectivity index (χ2v) is 3.33. The number of hydrogen-bond donors (Lipinski definition) is 2. The van der Waals surface area contributed by atoms with E-state index in [0.717, 1.165) is 22.2 Å². The van der Waals surface area contributed by atoms with Crippen molar-refractivity contribution in [1.82, 2.24) is 9.97 Å². The van der Waals surface area contributed by atoms with Gasteiger partial charge in [-0.3, -0.25) is 0 Å². The van der Waals surface area contributed by atoms with Crippen molar-refractivity contribution in [1.29, 1.82) is 0 Å². The number of hydrogen-bond acceptors (Lipinski definition) is 2. The van der Waals surface area contributed by atoms with E-state index in [0.29, 0.717) is 5.82 Å². The predicted molar refractivity (Wildman–Crippen MR) is 64.4 cm³/mol. The molecule has 0 fully saturated rings. The first-order chi connectivity index (χ1) is 7.24. The zero-order valence-corrected chi connectivity index (χ0v) is 8.62. The average Bonchev–Trinajstić information content (AvgIpc) is 2.62. The summed E-state index contributed by atoms with van der Waals surface area (Å²) >= 11 is 0. The van der Waals surface area contributed by atoms with Gasteiger partial charge in [-0.1, -0.05) is 18.7 Å². The Labute approximate surface area is 88.3 Å². The van der Waals surface area contributed by atoms with Gasteiger partial charge in [0.15, 0.2) is 0 Å². The number of fused-ring (bicyclic) bond motifs is 1. The van der Waals surface area contributed by atoms with Crippen LogP contribution < -0.4 is 5.73 Å². The SMILES string of the molecule is C=CC(=CC)c1cc2cc(N)ncc2[nH]1. The summed E-state index contributed by atoms with van der Waals surface area (Å²) in [7, 11) is 0. The molecule has 0 amide bonds. The Morgan fingerprint density at radius 1 is 1.53 bits per heavy atom. The van der Waals surface area contributed by atoms with E-state index in [1.807, 2.05) is 31.2 Å². The number of rotatable bonds is 2. The van der Waals surface area contributed by atoms with Crippen molar-refractivity contribution in [2.24, 2.45) is 0 Å². The molecular formula is C12H13N3. The van der Waals surface area contributed by atoms with Gasteiger partial charge in [-0.25, -0.2) is 4.98 Å². The van der Waals surface area contributed by atoms with Gasteiger partial charge in [-0.05, 0) is 24.6 Å². The number of allylic oxidation sites excluding steroid dienone is 3. The van der Waals surface area contributed by atoms with E-state index in [-0.39, 0.29) is 0 Å². The lowest BCUT2D eigenvalue weighted by molar-refractivity contribution is 1.33. The Balaban J connectivity index is 2.61. The Kier molecular flexibility index (Phi) is 2.29. The van der Waals surface area contributed by atoms with Gasteiger partial charge in [-0.15, -0.1) is 0 Å². The van der Waals surface area contributed by atoms with E-state index in [9.17, 15) is 0 Å². The van der Waals surface area contributed by atoms with Crippen LogP contribution in [0, 0.1) is 0 Å². The lowest BCUT2D eigenvalue weighted by atomic mass is 10.2. The van der Waals surface area contributed by atoms with Crippen molar-refractivity contribution in [3.05, 3.63) is 42.8 Å². The molecule has 2 aromatic heterocycles. The van der Waals surface area contributed by atoms with E-state index in [1.54, 1.807) is 6.20 Å². The molecule has 76 valence electrons. The number of aromatic amines is 1. The largest absolute Gasteiger partial charge is 0.384 e. The molecule has 3 N–H and O–H groups in total. The van der Waals surface area contributed by atoms with Crippen LogP contribution in [0.4, 0.5) is 5.82 Å². The van der Waals surface area contributed by atoms with Crippen molar-refractivity contribution < 1.29 is 0 Å². The van der Waals surface area contributed by atoms with Crippen LogP contribution in [-0.2, 0) is 0 Å². The maximum atomic E-state index is 5.61. The van der Waals surface area contributed by atoms with Crippen LogP contribution >= 0.6 is 0 Å². The quantitative estimate of drug-likeness (QED) is 0.731. The zero-order chi connectivity index (χ0) is 10.8. The maximum absolute atomic E-state index is 5.61. The van der Waals surface area contributed by atoms with Gasteiger partial charge < -0.3 is 10.7 Å². The van der Waals surface area contributed by atoms with Crippen LogP contribution in [0.1, 0.15) is 12.6 Å². The lowest BCUT2D eigenvalue weighted by Crippen LogP contribution is -1.87. The number of nitrogens with one attached hydrogen (secondary N) is 1. The van der Waals surface area contributed by atoms with Crippen LogP contribution in [0.3, 0.4) is 0 Å². The predicted octanol–water partition coefficient (Wildman–Crippen LogP) is 2.73. The molecule has 0 bridgehead atoms. The fourth-order valence-electron chi connectivity index (χ4n) is 1.59. The molecule has 15 heavy (non-hydrogen) atoms. The van der Waals surface area contributed by atoms with Gasteiger partial charge in [0.1, 0.15) is 5.82 Å². The average molecular weight is 199 g/mol. The topological polar surface area (TPSA) is 54.7 Å². The Morgan fingerprint density at radius 3 is 3.00 bits per heavy atom. The van der Waals surface area contributed by atoms with Gasteiger partial charge in [0, 0.05) is 11.1 Å². The second-order valence-electron chi connectivity index (χ2n) is 3.33. The number of aromatic nitrogens is 2. The first kappa shape index (κ1) is 9.52. The van der Waals surface area contributed by atoms with Crippen LogP contribution in [-0.4, -0.2) is 9.97 Å². The maximum Gasteiger partial charge on any atom is 0.124 e. The smallest absolute Gasteiger partial charge is 0.124 e. The first-order valence-electron chi connectivity index (χ1n) is 4.78. The molecule has 2 aromatic rings. The Bertz CT molecular complexity index is 535. The molecule has 0 saturated heterocycles. The number of nitrogens with zero attached hydrogens (tertiary/aromatic N) is 1. The summed E-state index contributed by atoms with van der Waals surface area (Å²) < 4.78 is 0. The van der Waals surface area contributed by atoms with E-state index in [4.69, 9.17) is 5.73 Å². The molecule has 0 aromatic carbocycles. The van der Waals surface area contributed by atoms with E-state index >= 15 is 0 Å². The molecule has 0 aliphatic carbocycles. The molecule has 0 aliphatic heterocycles. The molecule has 3 heteroatoms. The minimum Gasteiger partial charge on any atom is -0.384 e. The minimum atomic E-state index is 0.536. The number of H-pyrrole nitrogens is 1. The molecule has 0 saturated carbocycles. The molecule has 2 rings (SSSR count). The molecule has 0 radical (unpaired) electrons. The normalized spacial score (nSPS) is 11.9.